The van der Waals surface area contributed by atoms with Crippen LogP contribution in [0.4, 0.5) is 5.69 Å². The molecule has 0 radical (unpaired) electrons. The van der Waals surface area contributed by atoms with Crippen LogP contribution in [0.3, 0.4) is 0 Å². The zero-order chi connectivity index (χ0) is 12.4. The molecule has 0 unspecified atom stereocenters. The lowest BCUT2D eigenvalue weighted by atomic mass is 10.2. The number of nitrogens with zero attached hydrogens (tertiary/aromatic N) is 2. The van der Waals surface area contributed by atoms with E-state index in [0.717, 1.165) is 17.6 Å². The summed E-state index contributed by atoms with van der Waals surface area (Å²) in [6.45, 7) is 0.669. The second kappa shape index (κ2) is 4.79. The number of anilines is 1. The molecule has 1 aliphatic heterocycles. The molecular weight excluding hydrogens is 236 g/mol. The summed E-state index contributed by atoms with van der Waals surface area (Å²) >= 11 is 0.994. The van der Waals surface area contributed by atoms with Crippen molar-refractivity contribution in [2.75, 3.05) is 25.5 Å². The van der Waals surface area contributed by atoms with E-state index in [2.05, 4.69) is 0 Å². The first-order chi connectivity index (χ1) is 8.08. The molecule has 90 valence electrons. The van der Waals surface area contributed by atoms with Gasteiger partial charge in [-0.1, -0.05) is 12.1 Å². The molecule has 4 nitrogen and oxygen atoms in total. The molecule has 0 bridgehead atoms. The van der Waals surface area contributed by atoms with E-state index in [0.29, 0.717) is 18.5 Å². The molecule has 1 saturated heterocycles. The normalized spacial score (nSPS) is 14.5. The summed E-state index contributed by atoms with van der Waals surface area (Å²) in [5.41, 5.74) is 1.60. The van der Waals surface area contributed by atoms with Crippen molar-refractivity contribution in [1.82, 2.24) is 4.31 Å². The van der Waals surface area contributed by atoms with E-state index in [1.165, 1.54) is 4.31 Å². The van der Waals surface area contributed by atoms with E-state index in [1.807, 2.05) is 37.2 Å². The maximum atomic E-state index is 11.9. The van der Waals surface area contributed by atoms with Crippen LogP contribution in [0.25, 0.3) is 0 Å². The van der Waals surface area contributed by atoms with Gasteiger partial charge in [0.2, 0.25) is 11.0 Å². The number of benzene rings is 1. The highest BCUT2D eigenvalue weighted by molar-refractivity contribution is 8.12. The Labute approximate surface area is 105 Å². The Bertz CT molecular complexity index is 460. The number of rotatable bonds is 3. The summed E-state index contributed by atoms with van der Waals surface area (Å²) in [6.07, 6.45) is 0.554. The van der Waals surface area contributed by atoms with Crippen LogP contribution >= 0.6 is 11.9 Å². The molecule has 1 amide bonds. The van der Waals surface area contributed by atoms with Crippen LogP contribution in [-0.4, -0.2) is 36.0 Å². The Morgan fingerprint density at radius 3 is 2.71 bits per heavy atom. The minimum absolute atomic E-state index is 0.0344. The molecule has 0 N–H and O–H groups in total. The second-order valence-corrected chi connectivity index (χ2v) is 5.06. The van der Waals surface area contributed by atoms with Crippen LogP contribution in [0.5, 0.6) is 0 Å². The Morgan fingerprint density at radius 1 is 1.41 bits per heavy atom. The van der Waals surface area contributed by atoms with E-state index in [1.54, 1.807) is 6.07 Å². The third-order valence-corrected chi connectivity index (χ3v) is 3.61. The standard InChI is InChI=1S/C12H14N2O2S/c1-13(2)10-5-3-4-9(8-10)12(16)17-14-7-6-11(14)15/h3-5,8H,6-7H2,1-2H3. The van der Waals surface area contributed by atoms with Crippen LogP contribution in [0.1, 0.15) is 16.8 Å². The van der Waals surface area contributed by atoms with E-state index in [-0.39, 0.29) is 11.0 Å². The maximum absolute atomic E-state index is 11.9. The predicted molar refractivity (Wildman–Crippen MR) is 69.0 cm³/mol. The Hall–Kier alpha value is -1.49. The quantitative estimate of drug-likeness (QED) is 0.605. The van der Waals surface area contributed by atoms with Crippen molar-refractivity contribution in [1.29, 1.82) is 0 Å². The number of amides is 1. The summed E-state index contributed by atoms with van der Waals surface area (Å²) < 4.78 is 1.50. The molecule has 1 fully saturated rings. The minimum Gasteiger partial charge on any atom is -0.378 e. The summed E-state index contributed by atoms with van der Waals surface area (Å²) in [6, 6.07) is 7.39. The fourth-order valence-electron chi connectivity index (χ4n) is 1.45. The van der Waals surface area contributed by atoms with Crippen molar-refractivity contribution in [2.24, 2.45) is 0 Å². The third kappa shape index (κ3) is 2.61. The van der Waals surface area contributed by atoms with Crippen molar-refractivity contribution < 1.29 is 9.59 Å². The summed E-state index contributed by atoms with van der Waals surface area (Å²) in [5.74, 6) is 0.0344. The maximum Gasteiger partial charge on any atom is 0.239 e. The first kappa shape index (κ1) is 12.0. The lowest BCUT2D eigenvalue weighted by molar-refractivity contribution is -0.132. The third-order valence-electron chi connectivity index (χ3n) is 2.60. The molecule has 5 heteroatoms. The highest BCUT2D eigenvalue weighted by Gasteiger charge is 2.27. The minimum atomic E-state index is -0.0817. The van der Waals surface area contributed by atoms with Crippen LogP contribution < -0.4 is 4.90 Å². The van der Waals surface area contributed by atoms with Gasteiger partial charge in [0.05, 0.1) is 0 Å². The summed E-state index contributed by atoms with van der Waals surface area (Å²) in [5, 5.41) is -0.0817. The number of hydrogen-bond acceptors (Lipinski definition) is 4. The van der Waals surface area contributed by atoms with Gasteiger partial charge >= 0.3 is 0 Å². The van der Waals surface area contributed by atoms with Crippen LogP contribution in [-0.2, 0) is 4.79 Å². The number of carbonyl (C=O) groups is 2. The van der Waals surface area contributed by atoms with Crippen molar-refractivity contribution in [2.45, 2.75) is 6.42 Å². The lowest BCUT2D eigenvalue weighted by Gasteiger charge is -2.27. The number of carbonyl (C=O) groups excluding carboxylic acids is 2. The molecule has 1 aromatic carbocycles. The Balaban J connectivity index is 2.08. The van der Waals surface area contributed by atoms with E-state index in [4.69, 9.17) is 0 Å². The van der Waals surface area contributed by atoms with Gasteiger partial charge in [-0.15, -0.1) is 0 Å². The van der Waals surface area contributed by atoms with Crippen molar-refractivity contribution in [3.8, 4) is 0 Å². The molecule has 2 rings (SSSR count). The highest BCUT2D eigenvalue weighted by Crippen LogP contribution is 2.25. The molecule has 1 aliphatic rings. The van der Waals surface area contributed by atoms with Crippen LogP contribution in [0, 0.1) is 0 Å². The summed E-state index contributed by atoms with van der Waals surface area (Å²) in [7, 11) is 3.85. The monoisotopic (exact) mass is 250 g/mol. The molecule has 1 heterocycles. The van der Waals surface area contributed by atoms with E-state index in [9.17, 15) is 9.59 Å². The van der Waals surface area contributed by atoms with Gasteiger partial charge in [0.25, 0.3) is 0 Å². The first-order valence-electron chi connectivity index (χ1n) is 5.38. The van der Waals surface area contributed by atoms with Crippen molar-refractivity contribution in [3.05, 3.63) is 29.8 Å². The number of β-lactam (4-membered cyclic amide) rings is 1. The molecule has 0 aromatic heterocycles. The fraction of sp³-hybridized carbons (Fsp3) is 0.333. The second-order valence-electron chi connectivity index (χ2n) is 4.07. The van der Waals surface area contributed by atoms with Crippen LogP contribution in [0.2, 0.25) is 0 Å². The molecule has 0 aliphatic carbocycles. The fourth-order valence-corrected chi connectivity index (χ4v) is 2.26. The predicted octanol–water partition coefficient (Wildman–Crippen LogP) is 1.77. The van der Waals surface area contributed by atoms with Gasteiger partial charge in [0.15, 0.2) is 0 Å². The van der Waals surface area contributed by atoms with Crippen LogP contribution in [0.15, 0.2) is 24.3 Å². The highest BCUT2D eigenvalue weighted by atomic mass is 32.2. The zero-order valence-electron chi connectivity index (χ0n) is 9.84. The van der Waals surface area contributed by atoms with Gasteiger partial charge in [-0.3, -0.25) is 13.9 Å². The topological polar surface area (TPSA) is 40.6 Å². The van der Waals surface area contributed by atoms with Gasteiger partial charge in [-0.25, -0.2) is 0 Å². The van der Waals surface area contributed by atoms with Gasteiger partial charge in [-0.2, -0.15) is 0 Å². The van der Waals surface area contributed by atoms with Gasteiger partial charge in [0, 0.05) is 50.3 Å². The Morgan fingerprint density at radius 2 is 2.18 bits per heavy atom. The van der Waals surface area contributed by atoms with E-state index >= 15 is 0 Å². The van der Waals surface area contributed by atoms with Gasteiger partial charge < -0.3 is 4.90 Å². The average molecular weight is 250 g/mol. The average Bonchev–Trinajstić information content (AvgIpc) is 2.34. The Kier molecular flexibility index (Phi) is 3.38. The molecule has 0 spiro atoms. The van der Waals surface area contributed by atoms with Gasteiger partial charge in [0.1, 0.15) is 0 Å². The smallest absolute Gasteiger partial charge is 0.239 e. The molecule has 0 saturated carbocycles. The summed E-state index contributed by atoms with van der Waals surface area (Å²) in [4.78, 5) is 25.0. The van der Waals surface area contributed by atoms with Gasteiger partial charge in [-0.05, 0) is 12.1 Å². The van der Waals surface area contributed by atoms with Crippen molar-refractivity contribution in [3.63, 3.8) is 0 Å². The number of hydrogen-bond donors (Lipinski definition) is 0. The zero-order valence-corrected chi connectivity index (χ0v) is 10.7. The lowest BCUT2D eigenvalue weighted by Crippen LogP contribution is -2.38. The van der Waals surface area contributed by atoms with Crippen molar-refractivity contribution >= 4 is 28.7 Å². The molecule has 1 aromatic rings. The first-order valence-corrected chi connectivity index (χ1v) is 6.15. The largest absolute Gasteiger partial charge is 0.378 e. The SMILES string of the molecule is CN(C)c1cccc(C(=O)SN2CCC2=O)c1. The molecule has 0 atom stereocenters. The molecule has 17 heavy (non-hydrogen) atoms. The molecular formula is C12H14N2O2S. The van der Waals surface area contributed by atoms with E-state index < -0.39 is 0 Å².